The van der Waals surface area contributed by atoms with Gasteiger partial charge in [-0.25, -0.2) is 9.97 Å². The van der Waals surface area contributed by atoms with Gasteiger partial charge in [0.15, 0.2) is 0 Å². The molecule has 2 aromatic rings. The normalized spacial score (nSPS) is 10.0. The van der Waals surface area contributed by atoms with Crippen LogP contribution < -0.4 is 10.2 Å². The van der Waals surface area contributed by atoms with E-state index in [0.717, 1.165) is 36.0 Å². The SMILES string of the molecule is CCCc1nc(NC)cc(N(C)c2ccc(C#N)cc2)n1. The Labute approximate surface area is 125 Å². The van der Waals surface area contributed by atoms with Crippen molar-refractivity contribution in [2.75, 3.05) is 24.3 Å². The number of nitriles is 1. The number of benzene rings is 1. The number of hydrogen-bond acceptors (Lipinski definition) is 5. The lowest BCUT2D eigenvalue weighted by Crippen LogP contribution is -2.13. The fourth-order valence-corrected chi connectivity index (χ4v) is 2.01. The molecular weight excluding hydrogens is 262 g/mol. The van der Waals surface area contributed by atoms with Crippen LogP contribution in [-0.2, 0) is 6.42 Å². The molecular formula is C16H19N5. The first kappa shape index (κ1) is 14.8. The first-order valence-electron chi connectivity index (χ1n) is 6.97. The molecule has 2 rings (SSSR count). The Morgan fingerprint density at radius 1 is 1.24 bits per heavy atom. The number of nitrogens with zero attached hydrogens (tertiary/aromatic N) is 4. The van der Waals surface area contributed by atoms with Crippen molar-refractivity contribution in [1.82, 2.24) is 9.97 Å². The van der Waals surface area contributed by atoms with E-state index in [1.54, 1.807) is 12.1 Å². The van der Waals surface area contributed by atoms with Crippen LogP contribution in [0.4, 0.5) is 17.3 Å². The second kappa shape index (κ2) is 6.71. The lowest BCUT2D eigenvalue weighted by Gasteiger charge is -2.19. The molecule has 0 saturated heterocycles. The van der Waals surface area contributed by atoms with Crippen LogP contribution in [-0.4, -0.2) is 24.1 Å². The van der Waals surface area contributed by atoms with Crippen LogP contribution >= 0.6 is 0 Å². The van der Waals surface area contributed by atoms with Crippen LogP contribution in [0, 0.1) is 11.3 Å². The van der Waals surface area contributed by atoms with Gasteiger partial charge in [-0.05, 0) is 30.7 Å². The van der Waals surface area contributed by atoms with Crippen LogP contribution in [0.25, 0.3) is 0 Å². The lowest BCUT2D eigenvalue weighted by atomic mass is 10.2. The molecule has 0 bridgehead atoms. The number of rotatable bonds is 5. The zero-order valence-electron chi connectivity index (χ0n) is 12.6. The van der Waals surface area contributed by atoms with Gasteiger partial charge in [-0.3, -0.25) is 0 Å². The Kier molecular flexibility index (Phi) is 4.72. The van der Waals surface area contributed by atoms with Crippen molar-refractivity contribution < 1.29 is 0 Å². The van der Waals surface area contributed by atoms with E-state index in [0.29, 0.717) is 5.56 Å². The lowest BCUT2D eigenvalue weighted by molar-refractivity contribution is 0.832. The van der Waals surface area contributed by atoms with E-state index >= 15 is 0 Å². The van der Waals surface area contributed by atoms with Gasteiger partial charge in [0.1, 0.15) is 17.5 Å². The summed E-state index contributed by atoms with van der Waals surface area (Å²) in [6.07, 6.45) is 1.86. The molecule has 1 heterocycles. The van der Waals surface area contributed by atoms with E-state index < -0.39 is 0 Å². The summed E-state index contributed by atoms with van der Waals surface area (Å²) in [4.78, 5) is 11.0. The summed E-state index contributed by atoms with van der Waals surface area (Å²) >= 11 is 0. The maximum atomic E-state index is 8.86. The molecule has 5 heteroatoms. The van der Waals surface area contributed by atoms with E-state index in [9.17, 15) is 0 Å². The highest BCUT2D eigenvalue weighted by Gasteiger charge is 2.09. The standard InChI is InChI=1S/C16H19N5/c1-4-5-14-19-15(18-2)10-16(20-14)21(3)13-8-6-12(11-17)7-9-13/h6-10H,4-5H2,1-3H3,(H,18,19,20). The third-order valence-corrected chi connectivity index (χ3v) is 3.22. The van der Waals surface area contributed by atoms with Crippen LogP contribution in [0.2, 0.25) is 0 Å². The Morgan fingerprint density at radius 2 is 1.95 bits per heavy atom. The Balaban J connectivity index is 2.34. The average Bonchev–Trinajstić information content (AvgIpc) is 2.54. The highest BCUT2D eigenvalue weighted by Crippen LogP contribution is 2.24. The second-order valence-electron chi connectivity index (χ2n) is 4.75. The molecule has 0 aliphatic carbocycles. The average molecular weight is 281 g/mol. The monoisotopic (exact) mass is 281 g/mol. The number of aromatic nitrogens is 2. The molecule has 21 heavy (non-hydrogen) atoms. The molecule has 1 N–H and O–H groups in total. The van der Waals surface area contributed by atoms with Gasteiger partial charge in [0.05, 0.1) is 11.6 Å². The maximum Gasteiger partial charge on any atom is 0.138 e. The molecule has 0 radical (unpaired) electrons. The first-order valence-corrected chi connectivity index (χ1v) is 6.97. The second-order valence-corrected chi connectivity index (χ2v) is 4.75. The minimum Gasteiger partial charge on any atom is -0.373 e. The summed E-state index contributed by atoms with van der Waals surface area (Å²) in [5.74, 6) is 2.48. The largest absolute Gasteiger partial charge is 0.373 e. The Bertz CT molecular complexity index is 643. The van der Waals surface area contributed by atoms with Crippen molar-refractivity contribution in [2.24, 2.45) is 0 Å². The van der Waals surface area contributed by atoms with Gasteiger partial charge >= 0.3 is 0 Å². The van der Waals surface area contributed by atoms with Crippen molar-refractivity contribution in [3.05, 3.63) is 41.7 Å². The molecule has 0 fully saturated rings. The smallest absolute Gasteiger partial charge is 0.138 e. The molecule has 1 aromatic carbocycles. The van der Waals surface area contributed by atoms with Gasteiger partial charge in [-0.15, -0.1) is 0 Å². The third kappa shape index (κ3) is 3.48. The topological polar surface area (TPSA) is 64.8 Å². The van der Waals surface area contributed by atoms with Gasteiger partial charge in [0.2, 0.25) is 0 Å². The van der Waals surface area contributed by atoms with Crippen LogP contribution in [0.3, 0.4) is 0 Å². The van der Waals surface area contributed by atoms with E-state index in [1.165, 1.54) is 0 Å². The van der Waals surface area contributed by atoms with Crippen LogP contribution in [0.5, 0.6) is 0 Å². The quantitative estimate of drug-likeness (QED) is 0.912. The number of hydrogen-bond donors (Lipinski definition) is 1. The summed E-state index contributed by atoms with van der Waals surface area (Å²) in [5, 5.41) is 11.9. The number of aryl methyl sites for hydroxylation is 1. The Morgan fingerprint density at radius 3 is 2.52 bits per heavy atom. The highest BCUT2D eigenvalue weighted by atomic mass is 15.2. The molecule has 0 aliphatic rings. The molecule has 0 atom stereocenters. The van der Waals surface area contributed by atoms with Crippen molar-refractivity contribution in [3.8, 4) is 6.07 Å². The predicted octanol–water partition coefficient (Wildman–Crippen LogP) is 3.11. The molecule has 0 saturated carbocycles. The summed E-state index contributed by atoms with van der Waals surface area (Å²) in [6, 6.07) is 11.5. The van der Waals surface area contributed by atoms with Crippen LogP contribution in [0.15, 0.2) is 30.3 Å². The van der Waals surface area contributed by atoms with Gasteiger partial charge in [-0.1, -0.05) is 6.92 Å². The molecule has 5 nitrogen and oxygen atoms in total. The Hall–Kier alpha value is -2.61. The summed E-state index contributed by atoms with van der Waals surface area (Å²) in [7, 11) is 3.81. The molecule has 0 unspecified atom stereocenters. The van der Waals surface area contributed by atoms with Crippen molar-refractivity contribution in [2.45, 2.75) is 19.8 Å². The fourth-order valence-electron chi connectivity index (χ4n) is 2.01. The van der Waals surface area contributed by atoms with E-state index in [-0.39, 0.29) is 0 Å². The number of anilines is 3. The summed E-state index contributed by atoms with van der Waals surface area (Å²) in [5.41, 5.74) is 1.63. The van der Waals surface area contributed by atoms with Gasteiger partial charge in [-0.2, -0.15) is 5.26 Å². The highest BCUT2D eigenvalue weighted by molar-refractivity contribution is 5.62. The van der Waals surface area contributed by atoms with Crippen molar-refractivity contribution >= 4 is 17.3 Å². The van der Waals surface area contributed by atoms with Crippen molar-refractivity contribution in [1.29, 1.82) is 5.26 Å². The summed E-state index contributed by atoms with van der Waals surface area (Å²) in [6.45, 7) is 2.11. The van der Waals surface area contributed by atoms with Gasteiger partial charge in [0, 0.05) is 32.3 Å². The number of nitrogens with one attached hydrogen (secondary N) is 1. The van der Waals surface area contributed by atoms with E-state index in [1.807, 2.05) is 37.2 Å². The molecule has 1 aromatic heterocycles. The first-order chi connectivity index (χ1) is 10.2. The summed E-state index contributed by atoms with van der Waals surface area (Å²) < 4.78 is 0. The fraction of sp³-hybridized carbons (Fsp3) is 0.312. The predicted molar refractivity (Wildman–Crippen MR) is 84.8 cm³/mol. The molecule has 108 valence electrons. The third-order valence-electron chi connectivity index (χ3n) is 3.22. The minimum absolute atomic E-state index is 0.650. The van der Waals surface area contributed by atoms with Crippen molar-refractivity contribution in [3.63, 3.8) is 0 Å². The van der Waals surface area contributed by atoms with E-state index in [2.05, 4.69) is 28.3 Å². The van der Waals surface area contributed by atoms with E-state index in [4.69, 9.17) is 5.26 Å². The molecule has 0 aliphatic heterocycles. The molecule has 0 amide bonds. The molecule has 0 spiro atoms. The minimum atomic E-state index is 0.650. The van der Waals surface area contributed by atoms with Gasteiger partial charge < -0.3 is 10.2 Å². The van der Waals surface area contributed by atoms with Crippen LogP contribution in [0.1, 0.15) is 24.7 Å². The zero-order valence-corrected chi connectivity index (χ0v) is 12.6. The maximum absolute atomic E-state index is 8.86. The van der Waals surface area contributed by atoms with Gasteiger partial charge in [0.25, 0.3) is 0 Å². The zero-order chi connectivity index (χ0) is 15.2.